The minimum atomic E-state index is -0.0202. The van der Waals surface area contributed by atoms with Crippen LogP contribution >= 0.6 is 23.7 Å². The van der Waals surface area contributed by atoms with Crippen LogP contribution in [-0.2, 0) is 6.54 Å². The Balaban J connectivity index is 0.00000133. The van der Waals surface area contributed by atoms with Crippen LogP contribution in [0.2, 0.25) is 0 Å². The molecule has 1 saturated heterocycles. The fourth-order valence-corrected chi connectivity index (χ4v) is 3.09. The zero-order valence-corrected chi connectivity index (χ0v) is 12.3. The van der Waals surface area contributed by atoms with E-state index < -0.39 is 0 Å². The third kappa shape index (κ3) is 3.14. The molecule has 0 aromatic carbocycles. The Bertz CT molecular complexity index is 611. The largest absolute Gasteiger partial charge is 0.312 e. The van der Waals surface area contributed by atoms with Gasteiger partial charge in [0.25, 0.3) is 5.56 Å². The maximum Gasteiger partial charge on any atom is 0.268 e. The van der Waals surface area contributed by atoms with Gasteiger partial charge in [0.1, 0.15) is 10.5 Å². The van der Waals surface area contributed by atoms with Gasteiger partial charge in [0.05, 0.1) is 12.1 Å². The molecule has 2 aromatic heterocycles. The minimum Gasteiger partial charge on any atom is -0.312 e. The fourth-order valence-electron chi connectivity index (χ4n) is 2.36. The topological polar surface area (TPSA) is 61.0 Å². The van der Waals surface area contributed by atoms with Gasteiger partial charge >= 0.3 is 0 Å². The number of aromatic nitrogens is 2. The molecule has 0 spiro atoms. The Morgan fingerprint density at radius 2 is 2.42 bits per heavy atom. The van der Waals surface area contributed by atoms with Gasteiger partial charge in [0.2, 0.25) is 0 Å². The number of hydrogen-bond donors (Lipinski definition) is 2. The van der Waals surface area contributed by atoms with Crippen LogP contribution < -0.4 is 10.9 Å². The Hall–Kier alpha value is -0.950. The van der Waals surface area contributed by atoms with Crippen molar-refractivity contribution in [3.05, 3.63) is 27.6 Å². The Morgan fingerprint density at radius 3 is 3.21 bits per heavy atom. The lowest BCUT2D eigenvalue weighted by atomic mass is 10.2. The van der Waals surface area contributed by atoms with Gasteiger partial charge in [-0.2, -0.15) is 0 Å². The van der Waals surface area contributed by atoms with E-state index in [4.69, 9.17) is 0 Å². The highest BCUT2D eigenvalue weighted by atomic mass is 35.5. The molecule has 19 heavy (non-hydrogen) atoms. The van der Waals surface area contributed by atoms with Crippen LogP contribution in [0.3, 0.4) is 0 Å². The highest BCUT2D eigenvalue weighted by Gasteiger charge is 2.16. The summed E-state index contributed by atoms with van der Waals surface area (Å²) in [5.41, 5.74) is 0.787. The summed E-state index contributed by atoms with van der Waals surface area (Å²) >= 11 is 1.44. The van der Waals surface area contributed by atoms with Crippen molar-refractivity contribution in [2.75, 3.05) is 19.6 Å². The van der Waals surface area contributed by atoms with Gasteiger partial charge in [-0.05, 0) is 18.4 Å². The zero-order chi connectivity index (χ0) is 12.5. The van der Waals surface area contributed by atoms with Crippen molar-refractivity contribution in [1.29, 1.82) is 0 Å². The SMILES string of the molecule is CC1CN(Cc2nc3ccsc3c(=O)[nH]2)CCN1.Cl. The third-order valence-corrected chi connectivity index (χ3v) is 4.09. The second-order valence-corrected chi connectivity index (χ2v) is 5.65. The Kier molecular flexibility index (Phi) is 4.57. The second kappa shape index (κ2) is 6.00. The molecule has 0 amide bonds. The van der Waals surface area contributed by atoms with E-state index in [0.717, 1.165) is 31.0 Å². The average Bonchev–Trinajstić information content (AvgIpc) is 2.77. The molecule has 1 atom stereocenters. The first-order valence-corrected chi connectivity index (χ1v) is 7.02. The quantitative estimate of drug-likeness (QED) is 0.875. The first-order chi connectivity index (χ1) is 8.72. The summed E-state index contributed by atoms with van der Waals surface area (Å²) in [6, 6.07) is 2.40. The van der Waals surface area contributed by atoms with E-state index in [1.807, 2.05) is 11.4 Å². The molecule has 2 N–H and O–H groups in total. The van der Waals surface area contributed by atoms with Crippen molar-refractivity contribution in [2.24, 2.45) is 0 Å². The smallest absolute Gasteiger partial charge is 0.268 e. The lowest BCUT2D eigenvalue weighted by molar-refractivity contribution is 0.195. The van der Waals surface area contributed by atoms with Gasteiger partial charge in [-0.3, -0.25) is 9.69 Å². The van der Waals surface area contributed by atoms with Gasteiger partial charge in [-0.25, -0.2) is 4.98 Å². The van der Waals surface area contributed by atoms with Gasteiger partial charge in [-0.1, -0.05) is 0 Å². The molecule has 1 aliphatic heterocycles. The van der Waals surface area contributed by atoms with Crippen molar-refractivity contribution < 1.29 is 0 Å². The highest BCUT2D eigenvalue weighted by Crippen LogP contribution is 2.14. The number of nitrogens with one attached hydrogen (secondary N) is 2. The van der Waals surface area contributed by atoms with E-state index in [2.05, 4.69) is 27.1 Å². The van der Waals surface area contributed by atoms with E-state index in [9.17, 15) is 4.79 Å². The molecular formula is C12H17ClN4OS. The number of aromatic amines is 1. The Morgan fingerprint density at radius 1 is 1.58 bits per heavy atom. The molecule has 5 nitrogen and oxygen atoms in total. The fraction of sp³-hybridized carbons (Fsp3) is 0.500. The number of fused-ring (bicyclic) bond motifs is 1. The van der Waals surface area contributed by atoms with Crippen molar-refractivity contribution in [1.82, 2.24) is 20.2 Å². The van der Waals surface area contributed by atoms with E-state index >= 15 is 0 Å². The molecule has 1 unspecified atom stereocenters. The Labute approximate surface area is 121 Å². The number of hydrogen-bond acceptors (Lipinski definition) is 5. The van der Waals surface area contributed by atoms with Gasteiger partial charge in [0, 0.05) is 25.7 Å². The van der Waals surface area contributed by atoms with Crippen molar-refractivity contribution in [3.63, 3.8) is 0 Å². The molecule has 3 rings (SSSR count). The third-order valence-electron chi connectivity index (χ3n) is 3.19. The average molecular weight is 301 g/mol. The van der Waals surface area contributed by atoms with E-state index in [0.29, 0.717) is 17.3 Å². The van der Waals surface area contributed by atoms with Crippen molar-refractivity contribution in [3.8, 4) is 0 Å². The molecule has 104 valence electrons. The van der Waals surface area contributed by atoms with E-state index in [1.165, 1.54) is 11.3 Å². The summed E-state index contributed by atoms with van der Waals surface area (Å²) in [6.07, 6.45) is 0. The highest BCUT2D eigenvalue weighted by molar-refractivity contribution is 7.17. The van der Waals surface area contributed by atoms with Crippen LogP contribution in [0.15, 0.2) is 16.2 Å². The van der Waals surface area contributed by atoms with Crippen LogP contribution in [0, 0.1) is 0 Å². The summed E-state index contributed by atoms with van der Waals surface area (Å²) in [5, 5.41) is 5.31. The van der Waals surface area contributed by atoms with Gasteiger partial charge < -0.3 is 10.3 Å². The molecule has 2 aromatic rings. The minimum absolute atomic E-state index is 0. The van der Waals surface area contributed by atoms with Crippen molar-refractivity contribution in [2.45, 2.75) is 19.5 Å². The lowest BCUT2D eigenvalue weighted by Crippen LogP contribution is -2.48. The first-order valence-electron chi connectivity index (χ1n) is 6.14. The van der Waals surface area contributed by atoms with E-state index in [1.54, 1.807) is 0 Å². The summed E-state index contributed by atoms with van der Waals surface area (Å²) in [5.74, 6) is 0.764. The molecule has 7 heteroatoms. The molecular weight excluding hydrogens is 284 g/mol. The molecule has 1 fully saturated rings. The lowest BCUT2D eigenvalue weighted by Gasteiger charge is -2.31. The van der Waals surface area contributed by atoms with Crippen LogP contribution in [0.1, 0.15) is 12.7 Å². The zero-order valence-electron chi connectivity index (χ0n) is 10.7. The monoisotopic (exact) mass is 300 g/mol. The second-order valence-electron chi connectivity index (χ2n) is 4.74. The van der Waals surface area contributed by atoms with E-state index in [-0.39, 0.29) is 18.0 Å². The molecule has 0 saturated carbocycles. The number of H-pyrrole nitrogens is 1. The number of thiophene rings is 1. The predicted octanol–water partition coefficient (Wildman–Crippen LogP) is 1.20. The van der Waals surface area contributed by atoms with Crippen LogP contribution in [0.25, 0.3) is 10.2 Å². The summed E-state index contributed by atoms with van der Waals surface area (Å²) in [4.78, 5) is 21.6. The number of halogens is 1. The summed E-state index contributed by atoms with van der Waals surface area (Å²) < 4.78 is 0.715. The predicted molar refractivity (Wildman–Crippen MR) is 80.2 cm³/mol. The van der Waals surface area contributed by atoms with Crippen molar-refractivity contribution >= 4 is 34.0 Å². The molecule has 0 aliphatic carbocycles. The summed E-state index contributed by atoms with van der Waals surface area (Å²) in [7, 11) is 0. The number of rotatable bonds is 2. The maximum absolute atomic E-state index is 11.9. The van der Waals surface area contributed by atoms with Crippen LogP contribution in [-0.4, -0.2) is 40.5 Å². The number of nitrogens with zero attached hydrogens (tertiary/aromatic N) is 2. The molecule has 0 bridgehead atoms. The van der Waals surface area contributed by atoms with Gasteiger partial charge in [0.15, 0.2) is 0 Å². The standard InChI is InChI=1S/C12H16N4OS.ClH/c1-8-6-16(4-3-13-8)7-10-14-9-2-5-18-11(9)12(17)15-10;/h2,5,8,13H,3-4,6-7H2,1H3,(H,14,15,17);1H. The molecule has 1 aliphatic rings. The first kappa shape index (κ1) is 14.5. The number of piperazine rings is 1. The summed E-state index contributed by atoms with van der Waals surface area (Å²) in [6.45, 7) is 5.87. The normalized spacial score (nSPS) is 20.4. The van der Waals surface area contributed by atoms with Crippen LogP contribution in [0.4, 0.5) is 0 Å². The molecule has 3 heterocycles. The van der Waals surface area contributed by atoms with Gasteiger partial charge in [-0.15, -0.1) is 23.7 Å². The molecule has 0 radical (unpaired) electrons. The maximum atomic E-state index is 11.9. The van der Waals surface area contributed by atoms with Crippen LogP contribution in [0.5, 0.6) is 0 Å².